The molecular weight excluding hydrogens is 738 g/mol. The molecule has 2 N–H and O–H groups in total. The molecule has 0 aliphatic heterocycles. The van der Waals surface area contributed by atoms with Crippen molar-refractivity contribution in [2.75, 3.05) is 10.6 Å². The molecule has 14 heteroatoms. The minimum atomic E-state index is -0.283. The minimum Gasteiger partial charge on any atom is -0.296 e. The Morgan fingerprint density at radius 1 is 0.630 bits per heavy atom. The quantitative estimate of drug-likeness (QED) is 0.142. The van der Waals surface area contributed by atoms with Gasteiger partial charge in [0.2, 0.25) is 0 Å². The highest BCUT2D eigenvalue weighted by Gasteiger charge is 2.14. The van der Waals surface area contributed by atoms with E-state index < -0.39 is 0 Å². The summed E-state index contributed by atoms with van der Waals surface area (Å²) < 4.78 is 3.29. The number of thiazole rings is 2. The third-order valence-electron chi connectivity index (χ3n) is 7.91. The fraction of sp³-hybridized carbons (Fsp3) is 0.0750. The maximum absolute atomic E-state index is 12.4. The Kier molecular flexibility index (Phi) is 11.4. The van der Waals surface area contributed by atoms with Gasteiger partial charge in [0.1, 0.15) is 0 Å². The van der Waals surface area contributed by atoms with Gasteiger partial charge in [0.15, 0.2) is 21.7 Å². The van der Waals surface area contributed by atoms with Gasteiger partial charge in [-0.25, -0.2) is 19.3 Å². The zero-order valence-corrected chi connectivity index (χ0v) is 31.2. The number of nitrogens with one attached hydrogen (secondary N) is 2. The van der Waals surface area contributed by atoms with Crippen LogP contribution in [0.25, 0.3) is 11.4 Å². The van der Waals surface area contributed by atoms with Crippen LogP contribution >= 0.6 is 34.3 Å². The van der Waals surface area contributed by atoms with E-state index in [9.17, 15) is 9.59 Å². The molecule has 0 unspecified atom stereocenters. The van der Waals surface area contributed by atoms with Crippen LogP contribution in [0.4, 0.5) is 10.3 Å². The molecule has 0 bridgehead atoms. The average Bonchev–Trinajstić information content (AvgIpc) is 4.03. The summed E-state index contributed by atoms with van der Waals surface area (Å²) in [5.41, 5.74) is 5.96. The van der Waals surface area contributed by atoms with Crippen LogP contribution in [0.3, 0.4) is 0 Å². The van der Waals surface area contributed by atoms with Crippen molar-refractivity contribution >= 4 is 56.4 Å². The summed E-state index contributed by atoms with van der Waals surface area (Å²) in [6.07, 6.45) is 12.0. The van der Waals surface area contributed by atoms with Gasteiger partial charge in [-0.05, 0) is 66.6 Å². The highest BCUT2D eigenvalue weighted by Crippen LogP contribution is 2.24. The second kappa shape index (κ2) is 17.0. The first-order valence-electron chi connectivity index (χ1n) is 16.7. The second-order valence-corrected chi connectivity index (χ2v) is 14.6. The lowest BCUT2D eigenvalue weighted by atomic mass is 10.1. The lowest BCUT2D eigenvalue weighted by Gasteiger charge is -2.00. The molecule has 8 rings (SSSR count). The molecule has 11 nitrogen and oxygen atoms in total. The molecule has 0 saturated heterocycles. The average molecular weight is 770 g/mol. The number of rotatable bonds is 10. The predicted octanol–water partition coefficient (Wildman–Crippen LogP) is 8.70. The van der Waals surface area contributed by atoms with Gasteiger partial charge in [-0.2, -0.15) is 10.2 Å². The Morgan fingerprint density at radius 3 is 1.69 bits per heavy atom. The van der Waals surface area contributed by atoms with Crippen molar-refractivity contribution in [3.05, 3.63) is 183 Å². The van der Waals surface area contributed by atoms with Gasteiger partial charge in [0.25, 0.3) is 11.8 Å². The van der Waals surface area contributed by atoms with E-state index in [4.69, 9.17) is 11.6 Å². The normalized spacial score (nSPS) is 10.7. The summed E-state index contributed by atoms with van der Waals surface area (Å²) in [5.74, 6) is -0.564. The monoisotopic (exact) mass is 769 g/mol. The number of carbonyl (C=O) groups is 2. The number of hydrogen-bond donors (Lipinski definition) is 2. The van der Waals surface area contributed by atoms with Gasteiger partial charge in [-0.1, -0.05) is 71.8 Å². The van der Waals surface area contributed by atoms with Crippen LogP contribution < -0.4 is 10.6 Å². The summed E-state index contributed by atoms with van der Waals surface area (Å²) in [6, 6.07) is 32.8. The van der Waals surface area contributed by atoms with Crippen molar-refractivity contribution in [2.24, 2.45) is 0 Å². The number of benzene rings is 3. The molecule has 268 valence electrons. The molecule has 0 aliphatic carbocycles. The van der Waals surface area contributed by atoms with Crippen LogP contribution in [0.2, 0.25) is 5.02 Å². The summed E-state index contributed by atoms with van der Waals surface area (Å²) in [4.78, 5) is 39.7. The number of hydrogen-bond acceptors (Lipinski definition) is 9. The molecule has 3 aromatic carbocycles. The third-order valence-corrected chi connectivity index (χ3v) is 9.99. The first-order chi connectivity index (χ1) is 26.3. The Labute approximate surface area is 324 Å². The third kappa shape index (κ3) is 9.58. The molecule has 0 saturated carbocycles. The molecule has 0 fully saturated rings. The lowest BCUT2D eigenvalue weighted by molar-refractivity contribution is 0.101. The SMILES string of the molecule is Cc1ccc(Cc2cnc(NC(=O)c3ccn(-c4cccnc4)n3)s2)cc1.O=C(Nc1ncc(Cc2ccc(Cl)cc2)s1)c1ccn(-c2ccccc2)n1. The number of halogens is 1. The van der Waals surface area contributed by atoms with Crippen molar-refractivity contribution in [1.29, 1.82) is 0 Å². The Hall–Kier alpha value is -6.28. The number of pyridine rings is 1. The van der Waals surface area contributed by atoms with Crippen LogP contribution in [0.15, 0.2) is 140 Å². The molecule has 5 heterocycles. The Bertz CT molecular complexity index is 2290. The van der Waals surface area contributed by atoms with Gasteiger partial charge in [0, 0.05) is 58.6 Å². The highest BCUT2D eigenvalue weighted by molar-refractivity contribution is 7.16. The standard InChI is InChI=1S/C20H15ClN4OS.C20H17N5OS/c21-15-8-6-14(7-9-15)12-17-13-22-20(27-17)23-19(26)18-10-11-25(24-18)16-4-2-1-3-5-16;1-14-4-6-15(7-5-14)11-17-13-22-20(27-17)23-19(26)18-8-10-25(24-18)16-3-2-9-21-12-16/h1-11,13H,12H2,(H,22,23,26);2-10,12-13H,11H2,1H3,(H,22,23,26). The van der Waals surface area contributed by atoms with Crippen molar-refractivity contribution in [3.63, 3.8) is 0 Å². The number of aryl methyl sites for hydroxylation is 1. The number of carbonyl (C=O) groups excluding carboxylic acids is 2. The summed E-state index contributed by atoms with van der Waals surface area (Å²) in [5, 5.41) is 16.1. The number of anilines is 2. The molecule has 0 atom stereocenters. The largest absolute Gasteiger partial charge is 0.296 e. The molecule has 0 aliphatic rings. The highest BCUT2D eigenvalue weighted by atomic mass is 35.5. The van der Waals surface area contributed by atoms with Crippen LogP contribution in [0.5, 0.6) is 0 Å². The van der Waals surface area contributed by atoms with Gasteiger partial charge in [-0.15, -0.1) is 22.7 Å². The van der Waals surface area contributed by atoms with E-state index in [0.29, 0.717) is 26.7 Å². The van der Waals surface area contributed by atoms with Gasteiger partial charge < -0.3 is 0 Å². The minimum absolute atomic E-state index is 0.280. The maximum atomic E-state index is 12.4. The smallest absolute Gasteiger partial charge is 0.277 e. The van der Waals surface area contributed by atoms with E-state index >= 15 is 0 Å². The molecule has 5 aromatic heterocycles. The predicted molar refractivity (Wildman–Crippen MR) is 213 cm³/mol. The molecule has 0 spiro atoms. The van der Waals surface area contributed by atoms with E-state index in [-0.39, 0.29) is 11.8 Å². The van der Waals surface area contributed by atoms with E-state index in [1.807, 2.05) is 66.7 Å². The first kappa shape index (κ1) is 36.1. The van der Waals surface area contributed by atoms with Crippen molar-refractivity contribution in [1.82, 2.24) is 34.5 Å². The van der Waals surface area contributed by atoms with Crippen LogP contribution in [-0.2, 0) is 12.8 Å². The van der Waals surface area contributed by atoms with E-state index in [2.05, 4.69) is 67.0 Å². The van der Waals surface area contributed by atoms with Crippen molar-refractivity contribution in [2.45, 2.75) is 19.8 Å². The fourth-order valence-corrected chi connectivity index (χ4v) is 6.98. The van der Waals surface area contributed by atoms with Gasteiger partial charge in [-0.3, -0.25) is 25.2 Å². The van der Waals surface area contributed by atoms with E-state index in [0.717, 1.165) is 39.5 Å². The van der Waals surface area contributed by atoms with E-state index in [1.54, 1.807) is 58.7 Å². The number of aromatic nitrogens is 7. The van der Waals surface area contributed by atoms with E-state index in [1.165, 1.54) is 33.8 Å². The summed E-state index contributed by atoms with van der Waals surface area (Å²) in [7, 11) is 0. The number of amides is 2. The van der Waals surface area contributed by atoms with Crippen molar-refractivity contribution < 1.29 is 9.59 Å². The van der Waals surface area contributed by atoms with Gasteiger partial charge in [0.05, 0.1) is 17.6 Å². The van der Waals surface area contributed by atoms with Crippen LogP contribution in [0, 0.1) is 6.92 Å². The zero-order chi connectivity index (χ0) is 37.3. The Morgan fingerprint density at radius 2 is 1.15 bits per heavy atom. The lowest BCUT2D eigenvalue weighted by Crippen LogP contribution is -2.12. The van der Waals surface area contributed by atoms with Crippen LogP contribution in [-0.4, -0.2) is 46.3 Å². The number of nitrogens with zero attached hydrogens (tertiary/aromatic N) is 7. The summed E-state index contributed by atoms with van der Waals surface area (Å²) in [6.45, 7) is 2.07. The van der Waals surface area contributed by atoms with Crippen LogP contribution in [0.1, 0.15) is 47.4 Å². The number of para-hydroxylation sites is 1. The molecule has 54 heavy (non-hydrogen) atoms. The first-order valence-corrected chi connectivity index (χ1v) is 18.7. The second-order valence-electron chi connectivity index (χ2n) is 12.0. The molecular formula is C40H32ClN9O2S2. The molecule has 0 radical (unpaired) electrons. The Balaban J connectivity index is 0.000000167. The molecule has 2 amide bonds. The van der Waals surface area contributed by atoms with Gasteiger partial charge >= 0.3 is 0 Å². The zero-order valence-electron chi connectivity index (χ0n) is 28.8. The summed E-state index contributed by atoms with van der Waals surface area (Å²) >= 11 is 8.83. The molecule has 8 aromatic rings. The maximum Gasteiger partial charge on any atom is 0.277 e. The topological polar surface area (TPSA) is 133 Å². The fourth-order valence-electron chi connectivity index (χ4n) is 5.17. The van der Waals surface area contributed by atoms with Crippen molar-refractivity contribution in [3.8, 4) is 11.4 Å².